The average Bonchev–Trinajstić information content (AvgIpc) is 2.49. The highest BCUT2D eigenvalue weighted by Gasteiger charge is 2.40. The van der Waals surface area contributed by atoms with Crippen LogP contribution in [0.2, 0.25) is 0 Å². The number of aliphatic carboxylic acids is 1. The number of phenols is 2. The minimum Gasteiger partial charge on any atom is -0.507 e. The van der Waals surface area contributed by atoms with Crippen molar-refractivity contribution in [2.45, 2.75) is 13.3 Å². The summed E-state index contributed by atoms with van der Waals surface area (Å²) in [7, 11) is 0. The van der Waals surface area contributed by atoms with E-state index < -0.39 is 35.1 Å². The highest BCUT2D eigenvalue weighted by molar-refractivity contribution is 6.20. The quantitative estimate of drug-likeness (QED) is 0.784. The molecule has 2 aromatic carbocycles. The lowest BCUT2D eigenvalue weighted by Gasteiger charge is -2.26. The van der Waals surface area contributed by atoms with Gasteiger partial charge in [0.05, 0.1) is 16.9 Å². The number of hydrogen-bond donors (Lipinski definition) is 3. The van der Waals surface area contributed by atoms with Gasteiger partial charge in [0.1, 0.15) is 11.5 Å². The third-order valence-corrected chi connectivity index (χ3v) is 4.40. The minimum atomic E-state index is -1.15. The molecular weight excluding hydrogens is 300 g/mol. The van der Waals surface area contributed by atoms with Crippen molar-refractivity contribution >= 4 is 28.3 Å². The second-order valence-electron chi connectivity index (χ2n) is 5.75. The van der Waals surface area contributed by atoms with Crippen molar-refractivity contribution in [2.24, 2.45) is 11.8 Å². The molecule has 0 radical (unpaired) electrons. The van der Waals surface area contributed by atoms with Crippen LogP contribution in [0, 0.1) is 11.8 Å². The van der Waals surface area contributed by atoms with Crippen LogP contribution in [0.5, 0.6) is 11.5 Å². The van der Waals surface area contributed by atoms with Gasteiger partial charge in [0.15, 0.2) is 11.6 Å². The molecule has 2 atom stereocenters. The number of hydrogen-bond acceptors (Lipinski definition) is 5. The van der Waals surface area contributed by atoms with Crippen molar-refractivity contribution in [3.8, 4) is 11.5 Å². The fourth-order valence-electron chi connectivity index (χ4n) is 3.06. The predicted molar refractivity (Wildman–Crippen MR) is 80.8 cm³/mol. The fourth-order valence-corrected chi connectivity index (χ4v) is 3.06. The Hall–Kier alpha value is -2.89. The monoisotopic (exact) mass is 314 g/mol. The molecule has 6 nitrogen and oxygen atoms in total. The summed E-state index contributed by atoms with van der Waals surface area (Å²) in [4.78, 5) is 36.1. The van der Waals surface area contributed by atoms with Crippen LogP contribution in [0.15, 0.2) is 24.3 Å². The lowest BCUT2D eigenvalue weighted by atomic mass is 9.75. The number of carbonyl (C=O) groups is 3. The van der Waals surface area contributed by atoms with Crippen molar-refractivity contribution in [1.29, 1.82) is 0 Å². The van der Waals surface area contributed by atoms with Crippen LogP contribution in [0.1, 0.15) is 34.1 Å². The van der Waals surface area contributed by atoms with Gasteiger partial charge in [0.25, 0.3) is 0 Å². The predicted octanol–water partition coefficient (Wildman–Crippen LogP) is 2.36. The van der Waals surface area contributed by atoms with E-state index in [9.17, 15) is 24.6 Å². The Morgan fingerprint density at radius 3 is 2.61 bits per heavy atom. The third-order valence-electron chi connectivity index (χ3n) is 4.40. The standard InChI is InChI=1S/C17H14O6/c1-7(17(22)23)9-6-12(19)14-10(15(9)20)5-8-3-2-4-11(18)13(8)16(14)21/h2-5,7,9,18,21H,6H2,1H3,(H,22,23). The first-order chi connectivity index (χ1) is 10.8. The van der Waals surface area contributed by atoms with Gasteiger partial charge >= 0.3 is 5.97 Å². The van der Waals surface area contributed by atoms with Crippen molar-refractivity contribution in [3.05, 3.63) is 35.4 Å². The Kier molecular flexibility index (Phi) is 3.32. The SMILES string of the molecule is CC(C(=O)O)C1CC(=O)c2c(cc3cccc(O)c3c2O)C1=O. The second kappa shape index (κ2) is 5.08. The number of rotatable bonds is 2. The van der Waals surface area contributed by atoms with Gasteiger partial charge in [-0.05, 0) is 17.5 Å². The number of aromatic hydroxyl groups is 2. The van der Waals surface area contributed by atoms with Gasteiger partial charge in [-0.1, -0.05) is 19.1 Å². The van der Waals surface area contributed by atoms with E-state index in [-0.39, 0.29) is 28.7 Å². The number of carbonyl (C=O) groups excluding carboxylic acids is 2. The van der Waals surface area contributed by atoms with Crippen LogP contribution >= 0.6 is 0 Å². The smallest absolute Gasteiger partial charge is 0.306 e. The molecule has 0 aromatic heterocycles. The average molecular weight is 314 g/mol. The highest BCUT2D eigenvalue weighted by atomic mass is 16.4. The molecule has 0 saturated carbocycles. The van der Waals surface area contributed by atoms with Crippen LogP contribution in [-0.4, -0.2) is 32.9 Å². The number of benzene rings is 2. The highest BCUT2D eigenvalue weighted by Crippen LogP contribution is 2.42. The largest absolute Gasteiger partial charge is 0.507 e. The first kappa shape index (κ1) is 15.0. The van der Waals surface area contributed by atoms with Crippen LogP contribution < -0.4 is 0 Å². The second-order valence-corrected chi connectivity index (χ2v) is 5.75. The van der Waals surface area contributed by atoms with E-state index in [1.54, 1.807) is 12.1 Å². The molecule has 6 heteroatoms. The number of carboxylic acids is 1. The number of Topliss-reactive ketones (excluding diaryl/α,β-unsaturated/α-hetero) is 2. The summed E-state index contributed by atoms with van der Waals surface area (Å²) < 4.78 is 0. The van der Waals surface area contributed by atoms with Crippen molar-refractivity contribution in [2.75, 3.05) is 0 Å². The first-order valence-corrected chi connectivity index (χ1v) is 7.10. The van der Waals surface area contributed by atoms with Crippen LogP contribution in [-0.2, 0) is 4.79 Å². The molecule has 0 aliphatic heterocycles. The van der Waals surface area contributed by atoms with Crippen molar-refractivity contribution < 1.29 is 29.7 Å². The van der Waals surface area contributed by atoms with Crippen molar-refractivity contribution in [1.82, 2.24) is 0 Å². The van der Waals surface area contributed by atoms with E-state index >= 15 is 0 Å². The molecule has 0 spiro atoms. The van der Waals surface area contributed by atoms with E-state index in [1.807, 2.05) is 0 Å². The van der Waals surface area contributed by atoms with Gasteiger partial charge in [0.2, 0.25) is 0 Å². The Labute approximate surface area is 131 Å². The Bertz CT molecular complexity index is 867. The summed E-state index contributed by atoms with van der Waals surface area (Å²) in [6.45, 7) is 1.38. The topological polar surface area (TPSA) is 112 Å². The lowest BCUT2D eigenvalue weighted by Crippen LogP contribution is -2.34. The molecule has 0 bridgehead atoms. The molecule has 2 unspecified atom stereocenters. The van der Waals surface area contributed by atoms with Crippen LogP contribution in [0.4, 0.5) is 0 Å². The number of phenolic OH excluding ortho intramolecular Hbond substituents is 2. The van der Waals surface area contributed by atoms with Gasteiger partial charge in [-0.2, -0.15) is 0 Å². The van der Waals surface area contributed by atoms with Crippen molar-refractivity contribution in [3.63, 3.8) is 0 Å². The molecule has 0 amide bonds. The molecule has 118 valence electrons. The maximum Gasteiger partial charge on any atom is 0.306 e. The van der Waals surface area contributed by atoms with E-state index in [2.05, 4.69) is 0 Å². The Morgan fingerprint density at radius 1 is 1.26 bits per heavy atom. The molecular formula is C17H14O6. The first-order valence-electron chi connectivity index (χ1n) is 7.10. The summed E-state index contributed by atoms with van der Waals surface area (Å²) >= 11 is 0. The number of carboxylic acid groups (broad SMARTS) is 1. The van der Waals surface area contributed by atoms with Gasteiger partial charge < -0.3 is 15.3 Å². The zero-order valence-corrected chi connectivity index (χ0v) is 12.2. The molecule has 0 heterocycles. The van der Waals surface area contributed by atoms with Gasteiger partial charge in [-0.3, -0.25) is 14.4 Å². The van der Waals surface area contributed by atoms with Gasteiger partial charge in [0, 0.05) is 17.9 Å². The maximum absolute atomic E-state index is 12.6. The molecule has 3 rings (SSSR count). The molecule has 1 aliphatic rings. The summed E-state index contributed by atoms with van der Waals surface area (Å²) in [5.74, 6) is -4.71. The van der Waals surface area contributed by atoms with Crippen LogP contribution in [0.3, 0.4) is 0 Å². The molecule has 0 saturated heterocycles. The van der Waals surface area contributed by atoms with E-state index in [0.29, 0.717) is 5.39 Å². The minimum absolute atomic E-state index is 0.00921. The lowest BCUT2D eigenvalue weighted by molar-refractivity contribution is -0.142. The van der Waals surface area contributed by atoms with Gasteiger partial charge in [-0.25, -0.2) is 0 Å². The summed E-state index contributed by atoms with van der Waals surface area (Å²) in [6, 6.07) is 5.94. The summed E-state index contributed by atoms with van der Waals surface area (Å²) in [6.07, 6.45) is -0.272. The van der Waals surface area contributed by atoms with E-state index in [1.165, 1.54) is 19.1 Å². The van der Waals surface area contributed by atoms with Gasteiger partial charge in [-0.15, -0.1) is 0 Å². The fraction of sp³-hybridized carbons (Fsp3) is 0.235. The Morgan fingerprint density at radius 2 is 1.96 bits per heavy atom. The summed E-state index contributed by atoms with van der Waals surface area (Å²) in [5, 5.41) is 29.9. The number of fused-ring (bicyclic) bond motifs is 2. The molecule has 23 heavy (non-hydrogen) atoms. The van der Waals surface area contributed by atoms with Crippen LogP contribution in [0.25, 0.3) is 10.8 Å². The zero-order chi connectivity index (χ0) is 16.9. The normalized spacial score (nSPS) is 18.7. The van der Waals surface area contributed by atoms with E-state index in [4.69, 9.17) is 5.11 Å². The third kappa shape index (κ3) is 2.14. The molecule has 1 aliphatic carbocycles. The summed E-state index contributed by atoms with van der Waals surface area (Å²) in [5.41, 5.74) is -0.132. The molecule has 0 fully saturated rings. The zero-order valence-electron chi connectivity index (χ0n) is 12.2. The number of ketones is 2. The molecule has 2 aromatic rings. The molecule has 3 N–H and O–H groups in total. The van der Waals surface area contributed by atoms with E-state index in [0.717, 1.165) is 0 Å². The Balaban J connectivity index is 2.26. The maximum atomic E-state index is 12.6.